The van der Waals surface area contributed by atoms with Gasteiger partial charge >= 0.3 is 12.0 Å². The minimum absolute atomic E-state index is 0.135. The molecule has 2 atom stereocenters. The van der Waals surface area contributed by atoms with Gasteiger partial charge in [0.2, 0.25) is 0 Å². The van der Waals surface area contributed by atoms with Crippen molar-refractivity contribution in [2.45, 2.75) is 55.8 Å². The summed E-state index contributed by atoms with van der Waals surface area (Å²) in [7, 11) is 3.10. The van der Waals surface area contributed by atoms with E-state index in [1.54, 1.807) is 17.9 Å². The molecule has 0 bridgehead atoms. The number of halogens is 1. The second-order valence-corrected chi connectivity index (χ2v) is 14.1. The predicted octanol–water partition coefficient (Wildman–Crippen LogP) is 3.17. The summed E-state index contributed by atoms with van der Waals surface area (Å²) in [4.78, 5) is 27.9. The number of hydrogen-bond acceptors (Lipinski definition) is 11. The highest BCUT2D eigenvalue weighted by molar-refractivity contribution is 7.16. The zero-order valence-electron chi connectivity index (χ0n) is 25.3. The molecule has 14 heteroatoms. The van der Waals surface area contributed by atoms with Crippen LogP contribution in [0.1, 0.15) is 57.7 Å². The molecule has 0 radical (unpaired) electrons. The molecular formula is C31H34FN9O3S. The number of nitrogens with two attached hydrogens (primary N) is 1. The Morgan fingerprint density at radius 1 is 1.31 bits per heavy atom. The molecule has 45 heavy (non-hydrogen) atoms. The maximum absolute atomic E-state index is 14.5. The Hall–Kier alpha value is -4.22. The molecule has 12 nitrogen and oxygen atoms in total. The summed E-state index contributed by atoms with van der Waals surface area (Å²) in [5.74, 6) is 0.251. The molecule has 7 heterocycles. The van der Waals surface area contributed by atoms with Crippen molar-refractivity contribution < 1.29 is 18.7 Å². The lowest BCUT2D eigenvalue weighted by atomic mass is 9.74. The number of carbonyl (C=O) groups is 1. The van der Waals surface area contributed by atoms with Gasteiger partial charge in [-0.1, -0.05) is 0 Å². The first-order valence-corrected chi connectivity index (χ1v) is 16.1. The number of hydrogen-bond donors (Lipinski definition) is 1. The molecule has 3 aliphatic heterocycles. The van der Waals surface area contributed by atoms with Gasteiger partial charge in [-0.15, -0.1) is 11.3 Å². The number of aromatic nitrogens is 5. The monoisotopic (exact) mass is 631 g/mol. The molecule has 234 valence electrons. The number of nitriles is 1. The van der Waals surface area contributed by atoms with E-state index in [4.69, 9.17) is 25.2 Å². The summed E-state index contributed by atoms with van der Waals surface area (Å²) >= 11 is 1.54. The molecule has 3 fully saturated rings. The van der Waals surface area contributed by atoms with Crippen LogP contribution in [-0.2, 0) is 30.2 Å². The average molecular weight is 632 g/mol. The second-order valence-electron chi connectivity index (χ2n) is 12.9. The van der Waals surface area contributed by atoms with E-state index in [1.165, 1.54) is 23.3 Å². The van der Waals surface area contributed by atoms with Crippen LogP contribution in [0.2, 0.25) is 0 Å². The summed E-state index contributed by atoms with van der Waals surface area (Å²) in [5, 5.41) is 15.6. The van der Waals surface area contributed by atoms with E-state index in [9.17, 15) is 14.4 Å². The fourth-order valence-electron chi connectivity index (χ4n) is 8.19. The number of ether oxygens (including phenoxy) is 2. The third-order valence-corrected chi connectivity index (χ3v) is 11.3. The van der Waals surface area contributed by atoms with Gasteiger partial charge in [0.05, 0.1) is 30.1 Å². The van der Waals surface area contributed by atoms with Crippen LogP contribution in [0, 0.1) is 11.3 Å². The third-order valence-electron chi connectivity index (χ3n) is 10.2. The maximum atomic E-state index is 14.5. The lowest BCUT2D eigenvalue weighted by Crippen LogP contribution is -2.59. The Morgan fingerprint density at radius 3 is 2.96 bits per heavy atom. The molecule has 0 unspecified atom stereocenters. The van der Waals surface area contributed by atoms with Crippen molar-refractivity contribution in [3.8, 4) is 12.1 Å². The summed E-state index contributed by atoms with van der Waals surface area (Å²) in [6, 6.07) is 4.58. The van der Waals surface area contributed by atoms with E-state index >= 15 is 0 Å². The van der Waals surface area contributed by atoms with Crippen LogP contribution in [0.3, 0.4) is 0 Å². The van der Waals surface area contributed by atoms with Gasteiger partial charge in [-0.3, -0.25) is 9.58 Å². The Morgan fingerprint density at radius 2 is 2.16 bits per heavy atom. The lowest BCUT2D eigenvalue weighted by molar-refractivity contribution is 0.0591. The molecule has 1 spiro atoms. The lowest BCUT2D eigenvalue weighted by Gasteiger charge is -2.49. The zero-order valence-corrected chi connectivity index (χ0v) is 26.1. The van der Waals surface area contributed by atoms with Gasteiger partial charge in [-0.05, 0) is 43.9 Å². The largest absolute Gasteiger partial charge is 0.464 e. The summed E-state index contributed by atoms with van der Waals surface area (Å²) in [5.41, 5.74) is 9.09. The number of fused-ring (bicyclic) bond motifs is 4. The fourth-order valence-corrected chi connectivity index (χ4v) is 9.33. The van der Waals surface area contributed by atoms with Crippen LogP contribution >= 0.6 is 11.3 Å². The molecule has 4 aromatic heterocycles. The third kappa shape index (κ3) is 4.31. The van der Waals surface area contributed by atoms with Crippen molar-refractivity contribution in [2.75, 3.05) is 50.5 Å². The smallest absolute Gasteiger partial charge is 0.358 e. The number of methoxy groups -OCH3 is 1. The Balaban J connectivity index is 1.15. The van der Waals surface area contributed by atoms with Crippen LogP contribution < -0.4 is 15.4 Å². The van der Waals surface area contributed by atoms with Crippen LogP contribution in [0.4, 0.5) is 15.2 Å². The van der Waals surface area contributed by atoms with Gasteiger partial charge in [-0.25, -0.2) is 9.18 Å². The van der Waals surface area contributed by atoms with Gasteiger partial charge in [-0.2, -0.15) is 20.3 Å². The van der Waals surface area contributed by atoms with Crippen molar-refractivity contribution in [2.24, 2.45) is 7.05 Å². The molecule has 4 aliphatic rings. The first-order valence-electron chi connectivity index (χ1n) is 15.3. The molecule has 0 saturated carbocycles. The van der Waals surface area contributed by atoms with Gasteiger partial charge in [0, 0.05) is 61.4 Å². The van der Waals surface area contributed by atoms with E-state index in [0.717, 1.165) is 49.0 Å². The molecule has 0 amide bonds. The van der Waals surface area contributed by atoms with Crippen LogP contribution in [0.25, 0.3) is 11.0 Å². The van der Waals surface area contributed by atoms with E-state index in [1.807, 2.05) is 16.8 Å². The highest BCUT2D eigenvalue weighted by Gasteiger charge is 2.52. The first kappa shape index (κ1) is 28.3. The van der Waals surface area contributed by atoms with Crippen molar-refractivity contribution in [3.05, 3.63) is 45.7 Å². The maximum Gasteiger partial charge on any atom is 0.358 e. The minimum Gasteiger partial charge on any atom is -0.464 e. The predicted molar refractivity (Wildman–Crippen MR) is 165 cm³/mol. The standard InChI is InChI=1S/C31H34FN9O3S/c1-38-12-18(24(37-38)28(42)43-2)13-39-9-5-20-26(39)35-29(44-17-31-6-3-8-41(31)14-19(32)10-31)36-27(20)40-15-30(16-40)7-4-22-23(30)21(11-33)25(34)45-22/h5,9,12,19H,3-4,6-8,10,13-17,34H2,1-2H3/t19-,31+/m1/s1. The summed E-state index contributed by atoms with van der Waals surface area (Å²) in [6.07, 6.45) is 7.13. The van der Waals surface area contributed by atoms with Crippen molar-refractivity contribution in [1.29, 1.82) is 5.26 Å². The average Bonchev–Trinajstić information content (AvgIpc) is 3.83. The van der Waals surface area contributed by atoms with Gasteiger partial charge < -0.3 is 24.7 Å². The number of aryl methyl sites for hydroxylation is 2. The van der Waals surface area contributed by atoms with E-state index in [0.29, 0.717) is 61.0 Å². The zero-order chi connectivity index (χ0) is 31.1. The summed E-state index contributed by atoms with van der Waals surface area (Å²) < 4.78 is 29.4. The van der Waals surface area contributed by atoms with E-state index in [-0.39, 0.29) is 22.7 Å². The minimum atomic E-state index is -0.855. The van der Waals surface area contributed by atoms with E-state index < -0.39 is 12.1 Å². The van der Waals surface area contributed by atoms with E-state index in [2.05, 4.69) is 21.0 Å². The fraction of sp³-hybridized carbons (Fsp3) is 0.516. The molecule has 8 rings (SSSR count). The number of rotatable bonds is 7. The number of anilines is 2. The van der Waals surface area contributed by atoms with Crippen LogP contribution in [0.5, 0.6) is 6.01 Å². The molecule has 4 aromatic rings. The van der Waals surface area contributed by atoms with Crippen LogP contribution in [0.15, 0.2) is 18.5 Å². The van der Waals surface area contributed by atoms with Crippen molar-refractivity contribution in [3.63, 3.8) is 0 Å². The first-order chi connectivity index (χ1) is 21.7. The molecule has 3 saturated heterocycles. The summed E-state index contributed by atoms with van der Waals surface area (Å²) in [6.45, 7) is 3.39. The molecule has 0 aromatic carbocycles. The number of thiophene rings is 1. The second kappa shape index (κ2) is 10.1. The number of nitrogen functional groups attached to an aromatic ring is 1. The normalized spacial score (nSPS) is 23.3. The molecule has 2 N–H and O–H groups in total. The number of nitrogens with zero attached hydrogens (tertiary/aromatic N) is 8. The highest BCUT2D eigenvalue weighted by Crippen LogP contribution is 2.53. The van der Waals surface area contributed by atoms with Crippen molar-refractivity contribution >= 4 is 39.2 Å². The molecule has 1 aliphatic carbocycles. The Kier molecular flexibility index (Phi) is 6.37. The Labute approximate surface area is 263 Å². The van der Waals surface area contributed by atoms with Crippen LogP contribution in [-0.4, -0.2) is 86.8 Å². The number of esters is 1. The van der Waals surface area contributed by atoms with Gasteiger partial charge in [0.25, 0.3) is 0 Å². The number of alkyl halides is 1. The molecular weight excluding hydrogens is 597 g/mol. The van der Waals surface area contributed by atoms with Gasteiger partial charge in [0.1, 0.15) is 35.3 Å². The SMILES string of the molecule is COC(=O)c1nn(C)cc1Cn1ccc2c(N3CC4(CCc5sc(N)c(C#N)c54)C3)nc(OC[C@@]34CCCN3C[C@H](F)C4)nc21. The highest BCUT2D eigenvalue weighted by atomic mass is 32.1. The number of carbonyl (C=O) groups excluding carboxylic acids is 1. The quantitative estimate of drug-likeness (QED) is 0.303. The topological polar surface area (TPSA) is 140 Å². The Bertz CT molecular complexity index is 1890. The van der Waals surface area contributed by atoms with Gasteiger partial charge in [0.15, 0.2) is 5.69 Å². The van der Waals surface area contributed by atoms with Crippen molar-refractivity contribution in [1.82, 2.24) is 29.2 Å².